The molecule has 6 heteroatoms. The molecule has 1 aromatic rings. The number of morpholine rings is 1. The number of aliphatic hydroxyl groups is 1. The van der Waals surface area contributed by atoms with Gasteiger partial charge in [0.15, 0.2) is 0 Å². The molecule has 5 atom stereocenters. The highest BCUT2D eigenvalue weighted by atomic mass is 16.6. The topological polar surface area (TPSA) is 79.4 Å². The van der Waals surface area contributed by atoms with Crippen molar-refractivity contribution in [2.24, 2.45) is 0 Å². The molecule has 0 aromatic heterocycles. The standard InChI is InChI=1S/C23H31NO5/c1-2-3-5-10-16(26)13-24-19-11-17(12-20(24)22-21(19)29-22)28-23(27)18(14-25)15-8-6-4-7-9-15/h4,6-9,17-22,25H,2-3,5,10-14H2,1H3. The van der Waals surface area contributed by atoms with E-state index in [4.69, 9.17) is 9.47 Å². The number of ether oxygens (including phenoxy) is 2. The van der Waals surface area contributed by atoms with Gasteiger partial charge in [0.25, 0.3) is 0 Å². The lowest BCUT2D eigenvalue weighted by molar-refractivity contribution is -0.157. The fraction of sp³-hybridized carbons (Fsp3) is 0.652. The first-order chi connectivity index (χ1) is 14.1. The zero-order chi connectivity index (χ0) is 20.4. The Morgan fingerprint density at radius 2 is 1.86 bits per heavy atom. The van der Waals surface area contributed by atoms with E-state index >= 15 is 0 Å². The van der Waals surface area contributed by atoms with Crippen LogP contribution in [0.4, 0.5) is 0 Å². The Bertz CT molecular complexity index is 705. The number of unbranched alkanes of at least 4 members (excludes halogenated alkanes) is 2. The number of piperidine rings is 1. The van der Waals surface area contributed by atoms with Crippen LogP contribution in [0.5, 0.6) is 0 Å². The number of ketones is 1. The van der Waals surface area contributed by atoms with Gasteiger partial charge in [-0.2, -0.15) is 0 Å². The maximum absolute atomic E-state index is 12.7. The molecule has 4 rings (SSSR count). The SMILES string of the molecule is CCCCCC(=O)CN1C2CC(OC(=O)C(CO)c3ccccc3)CC1C1OC12. The van der Waals surface area contributed by atoms with Crippen LogP contribution in [-0.2, 0) is 19.1 Å². The smallest absolute Gasteiger partial charge is 0.316 e. The Labute approximate surface area is 172 Å². The molecule has 1 aromatic carbocycles. The maximum atomic E-state index is 12.7. The third kappa shape index (κ3) is 4.39. The van der Waals surface area contributed by atoms with Crippen molar-refractivity contribution in [3.63, 3.8) is 0 Å². The number of aliphatic hydroxyl groups excluding tert-OH is 1. The van der Waals surface area contributed by atoms with Crippen molar-refractivity contribution in [3.8, 4) is 0 Å². The average molecular weight is 402 g/mol. The van der Waals surface area contributed by atoms with Crippen molar-refractivity contribution < 1.29 is 24.2 Å². The van der Waals surface area contributed by atoms with Gasteiger partial charge in [0.1, 0.15) is 30.0 Å². The van der Waals surface area contributed by atoms with E-state index in [0.29, 0.717) is 31.6 Å². The highest BCUT2D eigenvalue weighted by Crippen LogP contribution is 2.49. The molecule has 158 valence electrons. The molecule has 3 heterocycles. The van der Waals surface area contributed by atoms with Crippen LogP contribution < -0.4 is 0 Å². The van der Waals surface area contributed by atoms with Gasteiger partial charge < -0.3 is 14.6 Å². The zero-order valence-corrected chi connectivity index (χ0v) is 17.0. The van der Waals surface area contributed by atoms with Gasteiger partial charge in [-0.25, -0.2) is 0 Å². The minimum atomic E-state index is -0.655. The number of epoxide rings is 1. The number of carbonyl (C=O) groups excluding carboxylic acids is 2. The largest absolute Gasteiger partial charge is 0.462 e. The second kappa shape index (κ2) is 8.94. The molecule has 3 aliphatic heterocycles. The Morgan fingerprint density at radius 1 is 1.17 bits per heavy atom. The molecule has 0 spiro atoms. The fourth-order valence-electron chi connectivity index (χ4n) is 4.99. The number of fused-ring (bicyclic) bond motifs is 5. The first-order valence-electron chi connectivity index (χ1n) is 10.9. The predicted molar refractivity (Wildman–Crippen MR) is 107 cm³/mol. The highest BCUT2D eigenvalue weighted by molar-refractivity contribution is 5.80. The molecule has 0 saturated carbocycles. The molecule has 2 bridgehead atoms. The van der Waals surface area contributed by atoms with Gasteiger partial charge in [-0.3, -0.25) is 14.5 Å². The van der Waals surface area contributed by atoms with E-state index in [9.17, 15) is 14.7 Å². The lowest BCUT2D eigenvalue weighted by Crippen LogP contribution is -2.52. The Kier molecular flexibility index (Phi) is 6.32. The summed E-state index contributed by atoms with van der Waals surface area (Å²) < 4.78 is 11.6. The summed E-state index contributed by atoms with van der Waals surface area (Å²) in [6, 6.07) is 9.56. The van der Waals surface area contributed by atoms with Crippen molar-refractivity contribution in [2.45, 2.75) is 81.8 Å². The molecule has 3 saturated heterocycles. The van der Waals surface area contributed by atoms with Crippen molar-refractivity contribution >= 4 is 11.8 Å². The molecule has 0 aliphatic carbocycles. The molecule has 29 heavy (non-hydrogen) atoms. The fourth-order valence-corrected chi connectivity index (χ4v) is 4.99. The van der Waals surface area contributed by atoms with Crippen molar-refractivity contribution in [3.05, 3.63) is 35.9 Å². The van der Waals surface area contributed by atoms with Crippen LogP contribution in [0.1, 0.15) is 56.9 Å². The highest BCUT2D eigenvalue weighted by Gasteiger charge is 2.64. The van der Waals surface area contributed by atoms with Crippen LogP contribution >= 0.6 is 0 Å². The van der Waals surface area contributed by atoms with E-state index in [1.807, 2.05) is 30.3 Å². The molecule has 3 aliphatic rings. The number of Topliss-reactive ketones (excluding diaryl/α,β-unsaturated/α-hetero) is 1. The monoisotopic (exact) mass is 401 g/mol. The van der Waals surface area contributed by atoms with Crippen LogP contribution in [0.3, 0.4) is 0 Å². The quantitative estimate of drug-likeness (QED) is 0.369. The Morgan fingerprint density at radius 3 is 2.48 bits per heavy atom. The summed E-state index contributed by atoms with van der Waals surface area (Å²) in [6.45, 7) is 2.36. The van der Waals surface area contributed by atoms with Crippen LogP contribution in [0.15, 0.2) is 30.3 Å². The number of nitrogens with zero attached hydrogens (tertiary/aromatic N) is 1. The predicted octanol–water partition coefficient (Wildman–Crippen LogP) is 2.44. The number of hydrogen-bond acceptors (Lipinski definition) is 6. The summed E-state index contributed by atoms with van der Waals surface area (Å²) in [7, 11) is 0. The lowest BCUT2D eigenvalue weighted by Gasteiger charge is -2.40. The average Bonchev–Trinajstić information content (AvgIpc) is 3.47. The number of rotatable bonds is 10. The summed E-state index contributed by atoms with van der Waals surface area (Å²) in [6.07, 6.45) is 5.38. The van der Waals surface area contributed by atoms with Gasteiger partial charge in [0.05, 0.1) is 13.2 Å². The summed E-state index contributed by atoms with van der Waals surface area (Å²) in [5.41, 5.74) is 0.768. The molecule has 1 N–H and O–H groups in total. The normalized spacial score (nSPS) is 31.2. The van der Waals surface area contributed by atoms with Crippen molar-refractivity contribution in [1.82, 2.24) is 4.90 Å². The number of benzene rings is 1. The van der Waals surface area contributed by atoms with Crippen LogP contribution in [0.25, 0.3) is 0 Å². The summed E-state index contributed by atoms with van der Waals surface area (Å²) in [4.78, 5) is 27.4. The molecular formula is C23H31NO5. The van der Waals surface area contributed by atoms with Crippen LogP contribution in [0.2, 0.25) is 0 Å². The maximum Gasteiger partial charge on any atom is 0.316 e. The second-order valence-electron chi connectivity index (χ2n) is 8.54. The second-order valence-corrected chi connectivity index (χ2v) is 8.54. The molecule has 5 unspecified atom stereocenters. The van der Waals surface area contributed by atoms with Gasteiger partial charge in [-0.05, 0) is 12.0 Å². The Hall–Kier alpha value is -1.76. The lowest BCUT2D eigenvalue weighted by atomic mass is 9.96. The third-order valence-corrected chi connectivity index (χ3v) is 6.55. The molecule has 0 radical (unpaired) electrons. The molecule has 0 amide bonds. The summed E-state index contributed by atoms with van der Waals surface area (Å²) in [5, 5.41) is 9.71. The third-order valence-electron chi connectivity index (χ3n) is 6.55. The minimum Gasteiger partial charge on any atom is -0.462 e. The van der Waals surface area contributed by atoms with E-state index in [1.165, 1.54) is 0 Å². The summed E-state index contributed by atoms with van der Waals surface area (Å²) >= 11 is 0. The first kappa shape index (κ1) is 20.5. The molecular weight excluding hydrogens is 370 g/mol. The van der Waals surface area contributed by atoms with E-state index in [-0.39, 0.29) is 43.0 Å². The van der Waals surface area contributed by atoms with Crippen molar-refractivity contribution in [1.29, 1.82) is 0 Å². The first-order valence-corrected chi connectivity index (χ1v) is 10.9. The van der Waals surface area contributed by atoms with Crippen LogP contribution in [0, 0.1) is 0 Å². The minimum absolute atomic E-state index is 0.149. The summed E-state index contributed by atoms with van der Waals surface area (Å²) in [5.74, 6) is -0.728. The van der Waals surface area contributed by atoms with Gasteiger partial charge in [0, 0.05) is 31.3 Å². The van der Waals surface area contributed by atoms with Crippen molar-refractivity contribution in [2.75, 3.05) is 13.2 Å². The number of carbonyl (C=O) groups is 2. The van der Waals surface area contributed by atoms with E-state index in [1.54, 1.807) is 0 Å². The van der Waals surface area contributed by atoms with Gasteiger partial charge in [-0.15, -0.1) is 0 Å². The van der Waals surface area contributed by atoms with Gasteiger partial charge >= 0.3 is 5.97 Å². The number of hydrogen-bond donors (Lipinski definition) is 1. The van der Waals surface area contributed by atoms with Gasteiger partial charge in [-0.1, -0.05) is 50.1 Å². The molecule has 6 nitrogen and oxygen atoms in total. The van der Waals surface area contributed by atoms with E-state index < -0.39 is 5.92 Å². The van der Waals surface area contributed by atoms with Crippen LogP contribution in [-0.4, -0.2) is 65.3 Å². The number of esters is 1. The van der Waals surface area contributed by atoms with E-state index in [2.05, 4.69) is 11.8 Å². The van der Waals surface area contributed by atoms with E-state index in [0.717, 1.165) is 24.8 Å². The molecule has 3 fully saturated rings. The van der Waals surface area contributed by atoms with Gasteiger partial charge in [0.2, 0.25) is 0 Å². The zero-order valence-electron chi connectivity index (χ0n) is 17.0. The Balaban J connectivity index is 1.34.